The maximum atomic E-state index is 6.19. The third kappa shape index (κ3) is 2.90. The van der Waals surface area contributed by atoms with E-state index < -0.39 is 0 Å². The lowest BCUT2D eigenvalue weighted by Crippen LogP contribution is -2.48. The summed E-state index contributed by atoms with van der Waals surface area (Å²) in [5.74, 6) is 1.80. The summed E-state index contributed by atoms with van der Waals surface area (Å²) in [5, 5.41) is 4.30. The van der Waals surface area contributed by atoms with Gasteiger partial charge in [-0.1, -0.05) is 31.9 Å². The molecule has 0 atom stereocenters. The smallest absolute Gasteiger partial charge is 0.122 e. The Bertz CT molecular complexity index is 421. The minimum absolute atomic E-state index is 0.201. The quantitative estimate of drug-likeness (QED) is 0.850. The predicted octanol–water partition coefficient (Wildman–Crippen LogP) is 4.02. The van der Waals surface area contributed by atoms with Crippen LogP contribution in [0.15, 0.2) is 18.2 Å². The number of rotatable bonds is 6. The third-order valence-corrected chi connectivity index (χ3v) is 4.62. The van der Waals surface area contributed by atoms with Gasteiger partial charge in [-0.2, -0.15) is 0 Å². The fourth-order valence-electron chi connectivity index (χ4n) is 3.25. The van der Waals surface area contributed by atoms with E-state index in [1.165, 1.54) is 24.8 Å². The molecule has 0 saturated heterocycles. The van der Waals surface area contributed by atoms with Crippen LogP contribution in [0.25, 0.3) is 0 Å². The summed E-state index contributed by atoms with van der Waals surface area (Å²) in [4.78, 5) is 0. The highest BCUT2D eigenvalue weighted by Gasteiger charge is 2.45. The van der Waals surface area contributed by atoms with Crippen LogP contribution in [0.3, 0.4) is 0 Å². The molecule has 0 radical (unpaired) electrons. The molecule has 1 aliphatic rings. The molecule has 1 saturated carbocycles. The van der Waals surface area contributed by atoms with Crippen molar-refractivity contribution in [3.63, 3.8) is 0 Å². The normalized spacial score (nSPS) is 26.0. The highest BCUT2D eigenvalue weighted by atomic mass is 35.5. The second kappa shape index (κ2) is 6.15. The number of halogens is 1. The van der Waals surface area contributed by atoms with Gasteiger partial charge in [0.2, 0.25) is 0 Å². The summed E-state index contributed by atoms with van der Waals surface area (Å²) in [6.07, 6.45) is 3.72. The van der Waals surface area contributed by atoms with Gasteiger partial charge in [0.05, 0.1) is 7.11 Å². The zero-order valence-corrected chi connectivity index (χ0v) is 12.9. The third-order valence-electron chi connectivity index (χ3n) is 4.38. The topological polar surface area (TPSA) is 21.3 Å². The van der Waals surface area contributed by atoms with Crippen LogP contribution in [0.5, 0.6) is 5.75 Å². The lowest BCUT2D eigenvalue weighted by atomic mass is 9.57. The molecule has 0 aliphatic heterocycles. The average molecular weight is 282 g/mol. The first-order chi connectivity index (χ1) is 9.15. The lowest BCUT2D eigenvalue weighted by Gasteiger charge is -2.49. The van der Waals surface area contributed by atoms with Crippen LogP contribution >= 0.6 is 11.6 Å². The molecular formula is C16H24ClNO. The number of likely N-dealkylation sites (N-methyl/N-ethyl adjacent to an activating group) is 1. The van der Waals surface area contributed by atoms with Crippen LogP contribution in [0.2, 0.25) is 5.02 Å². The largest absolute Gasteiger partial charge is 0.496 e. The summed E-state index contributed by atoms with van der Waals surface area (Å²) >= 11 is 6.19. The molecule has 2 nitrogen and oxygen atoms in total. The number of hydrogen-bond acceptors (Lipinski definition) is 2. The summed E-state index contributed by atoms with van der Waals surface area (Å²) in [5.41, 5.74) is 1.47. The Morgan fingerprint density at radius 1 is 1.37 bits per heavy atom. The number of hydrogen-bond donors (Lipinski definition) is 1. The van der Waals surface area contributed by atoms with Crippen molar-refractivity contribution in [3.05, 3.63) is 28.8 Å². The molecule has 1 fully saturated rings. The van der Waals surface area contributed by atoms with Crippen molar-refractivity contribution in [1.82, 2.24) is 5.32 Å². The van der Waals surface area contributed by atoms with Gasteiger partial charge < -0.3 is 10.1 Å². The van der Waals surface area contributed by atoms with Gasteiger partial charge in [-0.3, -0.25) is 0 Å². The molecule has 19 heavy (non-hydrogen) atoms. The van der Waals surface area contributed by atoms with Crippen molar-refractivity contribution in [1.29, 1.82) is 0 Å². The second-order valence-electron chi connectivity index (χ2n) is 5.59. The van der Waals surface area contributed by atoms with Gasteiger partial charge in [0, 0.05) is 22.5 Å². The Hall–Kier alpha value is -0.730. The van der Waals surface area contributed by atoms with Crippen molar-refractivity contribution in [2.45, 2.75) is 38.5 Å². The van der Waals surface area contributed by atoms with Crippen LogP contribution in [0, 0.1) is 5.92 Å². The highest BCUT2D eigenvalue weighted by Crippen LogP contribution is 2.51. The maximum Gasteiger partial charge on any atom is 0.122 e. The van der Waals surface area contributed by atoms with Crippen molar-refractivity contribution >= 4 is 11.6 Å². The van der Waals surface area contributed by atoms with Gasteiger partial charge in [0.1, 0.15) is 5.75 Å². The van der Waals surface area contributed by atoms with E-state index in [0.717, 1.165) is 29.8 Å². The Morgan fingerprint density at radius 2 is 2.11 bits per heavy atom. The molecule has 1 N–H and O–H groups in total. The van der Waals surface area contributed by atoms with Gasteiger partial charge in [0.15, 0.2) is 0 Å². The minimum Gasteiger partial charge on any atom is -0.496 e. The van der Waals surface area contributed by atoms with Crippen LogP contribution < -0.4 is 10.1 Å². The zero-order chi connectivity index (χ0) is 13.9. The van der Waals surface area contributed by atoms with Crippen LogP contribution in [-0.2, 0) is 5.41 Å². The fourth-order valence-corrected chi connectivity index (χ4v) is 3.42. The summed E-state index contributed by atoms with van der Waals surface area (Å²) in [6, 6.07) is 5.98. The second-order valence-corrected chi connectivity index (χ2v) is 6.02. The van der Waals surface area contributed by atoms with Gasteiger partial charge in [-0.05, 0) is 43.5 Å². The molecule has 1 aromatic carbocycles. The van der Waals surface area contributed by atoms with E-state index in [0.29, 0.717) is 0 Å². The molecule has 0 aromatic heterocycles. The van der Waals surface area contributed by atoms with Crippen LogP contribution in [-0.4, -0.2) is 20.2 Å². The van der Waals surface area contributed by atoms with Crippen molar-refractivity contribution in [2.24, 2.45) is 5.92 Å². The molecule has 1 aromatic rings. The molecule has 0 bridgehead atoms. The first kappa shape index (κ1) is 14.7. The van der Waals surface area contributed by atoms with E-state index in [9.17, 15) is 0 Å². The summed E-state index contributed by atoms with van der Waals surface area (Å²) in [6.45, 7) is 6.44. The lowest BCUT2D eigenvalue weighted by molar-refractivity contribution is 0.131. The monoisotopic (exact) mass is 281 g/mol. The van der Waals surface area contributed by atoms with Gasteiger partial charge >= 0.3 is 0 Å². The Morgan fingerprint density at radius 3 is 2.68 bits per heavy atom. The number of nitrogens with one attached hydrogen (secondary N) is 1. The molecule has 0 spiro atoms. The van der Waals surface area contributed by atoms with Crippen molar-refractivity contribution in [3.8, 4) is 5.75 Å². The van der Waals surface area contributed by atoms with Crippen molar-refractivity contribution < 1.29 is 4.74 Å². The van der Waals surface area contributed by atoms with Gasteiger partial charge in [0.25, 0.3) is 0 Å². The molecule has 0 heterocycles. The van der Waals surface area contributed by atoms with Crippen LogP contribution in [0.1, 0.15) is 38.7 Å². The van der Waals surface area contributed by atoms with E-state index in [1.807, 2.05) is 12.1 Å². The predicted molar refractivity (Wildman–Crippen MR) is 81.2 cm³/mol. The summed E-state index contributed by atoms with van der Waals surface area (Å²) in [7, 11) is 1.74. The zero-order valence-electron chi connectivity index (χ0n) is 12.1. The molecule has 3 heteroatoms. The SMILES string of the molecule is CCNCC1(c2cc(Cl)ccc2OC)CC(CC)C1. The van der Waals surface area contributed by atoms with Crippen LogP contribution in [0.4, 0.5) is 0 Å². The number of methoxy groups -OCH3 is 1. The average Bonchev–Trinajstić information content (AvgIpc) is 2.38. The first-order valence-corrected chi connectivity index (χ1v) is 7.57. The standard InChI is InChI=1S/C16H24ClNO/c1-4-12-9-16(10-12,11-18-5-2)14-8-13(17)6-7-15(14)19-3/h6-8,12,18H,4-5,9-11H2,1-3H3. The molecule has 1 aliphatic carbocycles. The molecular weight excluding hydrogens is 258 g/mol. The van der Waals surface area contributed by atoms with Gasteiger partial charge in [-0.15, -0.1) is 0 Å². The first-order valence-electron chi connectivity index (χ1n) is 7.20. The Balaban J connectivity index is 2.30. The van der Waals surface area contributed by atoms with E-state index in [1.54, 1.807) is 7.11 Å². The number of ether oxygens (including phenoxy) is 1. The van der Waals surface area contributed by atoms with Crippen molar-refractivity contribution in [2.75, 3.05) is 20.2 Å². The Kier molecular flexibility index (Phi) is 4.75. The maximum absolute atomic E-state index is 6.19. The van der Waals surface area contributed by atoms with Gasteiger partial charge in [-0.25, -0.2) is 0 Å². The molecule has 106 valence electrons. The Labute approximate surface area is 121 Å². The highest BCUT2D eigenvalue weighted by molar-refractivity contribution is 6.30. The molecule has 0 unspecified atom stereocenters. The molecule has 0 amide bonds. The van der Waals surface area contributed by atoms with E-state index in [2.05, 4.69) is 25.2 Å². The fraction of sp³-hybridized carbons (Fsp3) is 0.625. The van der Waals surface area contributed by atoms with E-state index in [4.69, 9.17) is 16.3 Å². The van der Waals surface area contributed by atoms with E-state index >= 15 is 0 Å². The molecule has 2 rings (SSSR count). The van der Waals surface area contributed by atoms with E-state index in [-0.39, 0.29) is 5.41 Å². The minimum atomic E-state index is 0.201. The number of benzene rings is 1. The summed E-state index contributed by atoms with van der Waals surface area (Å²) < 4.78 is 5.54.